The Balaban J connectivity index is 2.22. The number of H-pyrrole nitrogens is 1. The average Bonchev–Trinajstić information content (AvgIpc) is 2.55. The average molecular weight is 331 g/mol. The van der Waals surface area contributed by atoms with E-state index < -0.39 is 6.09 Å². The number of nitrogens with one attached hydrogen (secondary N) is 2. The summed E-state index contributed by atoms with van der Waals surface area (Å²) in [7, 11) is 1.55. The van der Waals surface area contributed by atoms with Crippen LogP contribution in [0.1, 0.15) is 18.2 Å². The number of rotatable bonds is 6. The number of aromatic amines is 1. The van der Waals surface area contributed by atoms with Gasteiger partial charge in [0.1, 0.15) is 0 Å². The lowest BCUT2D eigenvalue weighted by atomic mass is 10.0. The van der Waals surface area contributed by atoms with Crippen LogP contribution in [0.4, 0.5) is 4.79 Å². The van der Waals surface area contributed by atoms with Crippen LogP contribution in [-0.4, -0.2) is 36.3 Å². The van der Waals surface area contributed by atoms with Gasteiger partial charge in [-0.1, -0.05) is 6.92 Å². The molecule has 2 N–H and O–H groups in total. The van der Waals surface area contributed by atoms with E-state index in [1.807, 2.05) is 19.9 Å². The van der Waals surface area contributed by atoms with E-state index >= 15 is 0 Å². The minimum absolute atomic E-state index is 0.0864. The third kappa shape index (κ3) is 4.42. The lowest BCUT2D eigenvalue weighted by Crippen LogP contribution is -2.29. The minimum Gasteiger partial charge on any atom is -0.409 e. The minimum atomic E-state index is -0.571. The summed E-state index contributed by atoms with van der Waals surface area (Å²) in [5, 5.41) is 2.57. The summed E-state index contributed by atoms with van der Waals surface area (Å²) < 4.78 is 10.1. The maximum atomic E-state index is 11.8. The number of ether oxygens (including phenoxy) is 2. The molecule has 0 unspecified atom stereocenters. The van der Waals surface area contributed by atoms with Crippen LogP contribution in [0.2, 0.25) is 0 Å². The topological polar surface area (TPSA) is 93.3 Å². The van der Waals surface area contributed by atoms with Gasteiger partial charge in [-0.2, -0.15) is 0 Å². The molecule has 0 spiro atoms. The van der Waals surface area contributed by atoms with E-state index in [9.17, 15) is 9.59 Å². The molecule has 0 aromatic carbocycles. The molecule has 128 valence electrons. The molecule has 0 fully saturated rings. The van der Waals surface area contributed by atoms with Crippen molar-refractivity contribution in [1.82, 2.24) is 15.3 Å². The number of pyridine rings is 2. The van der Waals surface area contributed by atoms with Gasteiger partial charge in [0.25, 0.3) is 5.56 Å². The quantitative estimate of drug-likeness (QED) is 0.790. The summed E-state index contributed by atoms with van der Waals surface area (Å²) in [4.78, 5) is 30.5. The van der Waals surface area contributed by atoms with E-state index in [0.717, 1.165) is 16.8 Å². The Labute approximate surface area is 140 Å². The molecule has 2 aromatic heterocycles. The normalized spacial score (nSPS) is 10.5. The van der Waals surface area contributed by atoms with Gasteiger partial charge in [-0.15, -0.1) is 0 Å². The molecule has 0 radical (unpaired) electrons. The SMILES string of the molecule is CCc1cc(-c2cncc(OC(=O)NCCOC)c2)c(C)[nH]c1=O. The maximum absolute atomic E-state index is 11.8. The van der Waals surface area contributed by atoms with Crippen molar-refractivity contribution in [2.24, 2.45) is 0 Å². The first-order chi connectivity index (χ1) is 11.5. The lowest BCUT2D eigenvalue weighted by molar-refractivity contribution is 0.180. The molecule has 1 amide bonds. The second kappa shape index (κ2) is 8.26. The largest absolute Gasteiger partial charge is 0.412 e. The number of nitrogens with zero attached hydrogens (tertiary/aromatic N) is 1. The van der Waals surface area contributed by atoms with Crippen LogP contribution < -0.4 is 15.6 Å². The van der Waals surface area contributed by atoms with Crippen molar-refractivity contribution in [1.29, 1.82) is 0 Å². The van der Waals surface area contributed by atoms with Gasteiger partial charge >= 0.3 is 6.09 Å². The van der Waals surface area contributed by atoms with Gasteiger partial charge in [0, 0.05) is 42.2 Å². The van der Waals surface area contributed by atoms with Crippen molar-refractivity contribution in [3.05, 3.63) is 46.1 Å². The molecule has 0 aliphatic heterocycles. The first-order valence-electron chi connectivity index (χ1n) is 7.68. The van der Waals surface area contributed by atoms with Crippen LogP contribution >= 0.6 is 0 Å². The molecule has 0 bridgehead atoms. The molecular formula is C17H21N3O4. The number of methoxy groups -OCH3 is 1. The molecule has 0 saturated heterocycles. The number of hydrogen-bond donors (Lipinski definition) is 2. The fraction of sp³-hybridized carbons (Fsp3) is 0.353. The molecular weight excluding hydrogens is 310 g/mol. The van der Waals surface area contributed by atoms with Gasteiger partial charge in [-0.05, 0) is 25.5 Å². The Morgan fingerprint density at radius 2 is 2.12 bits per heavy atom. The second-order valence-electron chi connectivity index (χ2n) is 5.23. The van der Waals surface area contributed by atoms with Crippen molar-refractivity contribution in [3.63, 3.8) is 0 Å². The highest BCUT2D eigenvalue weighted by Gasteiger charge is 2.10. The highest BCUT2D eigenvalue weighted by Crippen LogP contribution is 2.25. The smallest absolute Gasteiger partial charge is 0.409 e. The third-order valence-electron chi connectivity index (χ3n) is 3.51. The van der Waals surface area contributed by atoms with Gasteiger partial charge in [0.05, 0.1) is 12.8 Å². The molecule has 2 heterocycles. The van der Waals surface area contributed by atoms with E-state index in [1.54, 1.807) is 19.4 Å². The van der Waals surface area contributed by atoms with Crippen LogP contribution in [0, 0.1) is 6.92 Å². The van der Waals surface area contributed by atoms with Gasteiger partial charge in [-0.25, -0.2) is 4.79 Å². The first-order valence-corrected chi connectivity index (χ1v) is 7.68. The third-order valence-corrected chi connectivity index (χ3v) is 3.51. The Kier molecular flexibility index (Phi) is 6.08. The standard InChI is InChI=1S/C17H21N3O4/c1-4-12-8-15(11(2)20-16(12)21)13-7-14(10-18-9-13)24-17(22)19-5-6-23-3/h7-10H,4-6H2,1-3H3,(H,19,22)(H,20,21). The van der Waals surface area contributed by atoms with Gasteiger partial charge < -0.3 is 19.8 Å². The highest BCUT2D eigenvalue weighted by molar-refractivity contribution is 5.72. The highest BCUT2D eigenvalue weighted by atomic mass is 16.6. The van der Waals surface area contributed by atoms with Crippen LogP contribution in [0.5, 0.6) is 5.75 Å². The van der Waals surface area contributed by atoms with Crippen molar-refractivity contribution >= 4 is 6.09 Å². The van der Waals surface area contributed by atoms with Gasteiger partial charge in [0.15, 0.2) is 5.75 Å². The van der Waals surface area contributed by atoms with Gasteiger partial charge in [0.2, 0.25) is 0 Å². The number of aryl methyl sites for hydroxylation is 2. The summed E-state index contributed by atoms with van der Waals surface area (Å²) in [6.07, 6.45) is 3.18. The first kappa shape index (κ1) is 17.7. The van der Waals surface area contributed by atoms with Crippen LogP contribution in [0.25, 0.3) is 11.1 Å². The summed E-state index contributed by atoms with van der Waals surface area (Å²) >= 11 is 0. The van der Waals surface area contributed by atoms with Crippen LogP contribution in [0.3, 0.4) is 0 Å². The van der Waals surface area contributed by atoms with Crippen molar-refractivity contribution in [3.8, 4) is 16.9 Å². The maximum Gasteiger partial charge on any atom is 0.412 e. The molecule has 0 atom stereocenters. The Hall–Kier alpha value is -2.67. The number of carbonyl (C=O) groups excluding carboxylic acids is 1. The Bertz CT molecular complexity index is 771. The molecule has 2 rings (SSSR count). The predicted molar refractivity (Wildman–Crippen MR) is 90.3 cm³/mol. The molecule has 2 aromatic rings. The van der Waals surface area contributed by atoms with Crippen LogP contribution in [-0.2, 0) is 11.2 Å². The van der Waals surface area contributed by atoms with Crippen molar-refractivity contribution in [2.75, 3.05) is 20.3 Å². The van der Waals surface area contributed by atoms with E-state index in [4.69, 9.17) is 9.47 Å². The molecule has 7 heteroatoms. The van der Waals surface area contributed by atoms with Crippen molar-refractivity contribution in [2.45, 2.75) is 20.3 Å². The van der Waals surface area contributed by atoms with E-state index in [0.29, 0.717) is 30.9 Å². The van der Waals surface area contributed by atoms with E-state index in [-0.39, 0.29) is 5.56 Å². The molecule has 0 aliphatic carbocycles. The van der Waals surface area contributed by atoms with Gasteiger partial charge in [-0.3, -0.25) is 9.78 Å². The Morgan fingerprint density at radius 3 is 2.83 bits per heavy atom. The number of amides is 1. The fourth-order valence-corrected chi connectivity index (χ4v) is 2.25. The summed E-state index contributed by atoms with van der Waals surface area (Å²) in [5.74, 6) is 0.325. The summed E-state index contributed by atoms with van der Waals surface area (Å²) in [6.45, 7) is 4.51. The predicted octanol–water partition coefficient (Wildman–Crippen LogP) is 2.04. The Morgan fingerprint density at radius 1 is 1.33 bits per heavy atom. The zero-order chi connectivity index (χ0) is 17.5. The summed E-state index contributed by atoms with van der Waals surface area (Å²) in [5.41, 5.74) is 2.96. The zero-order valence-corrected chi connectivity index (χ0v) is 14.0. The van der Waals surface area contributed by atoms with Crippen LogP contribution in [0.15, 0.2) is 29.3 Å². The molecule has 7 nitrogen and oxygen atoms in total. The monoisotopic (exact) mass is 331 g/mol. The fourth-order valence-electron chi connectivity index (χ4n) is 2.25. The summed E-state index contributed by atoms with van der Waals surface area (Å²) in [6, 6.07) is 3.55. The molecule has 24 heavy (non-hydrogen) atoms. The molecule has 0 aliphatic rings. The van der Waals surface area contributed by atoms with Crippen molar-refractivity contribution < 1.29 is 14.3 Å². The van der Waals surface area contributed by atoms with E-state index in [2.05, 4.69) is 15.3 Å². The second-order valence-corrected chi connectivity index (χ2v) is 5.23. The number of aromatic nitrogens is 2. The number of hydrogen-bond acceptors (Lipinski definition) is 5. The zero-order valence-electron chi connectivity index (χ0n) is 14.0. The van der Waals surface area contributed by atoms with E-state index in [1.165, 1.54) is 6.20 Å². The lowest BCUT2D eigenvalue weighted by Gasteiger charge is -2.10. The number of carbonyl (C=O) groups is 1. The molecule has 0 saturated carbocycles.